The molecular weight excluding hydrogens is 475 g/mol. The molecule has 0 aromatic heterocycles. The van der Waals surface area contributed by atoms with Gasteiger partial charge in [-0.1, -0.05) is 43.2 Å². The van der Waals surface area contributed by atoms with Crippen LogP contribution in [0, 0.1) is 11.7 Å². The number of nitrogens with zero attached hydrogens (tertiary/aromatic N) is 1. The summed E-state index contributed by atoms with van der Waals surface area (Å²) in [5.74, 6) is -0.789. The van der Waals surface area contributed by atoms with E-state index in [0.717, 1.165) is 36.8 Å². The molecule has 0 spiro atoms. The third-order valence-corrected chi connectivity index (χ3v) is 7.75. The summed E-state index contributed by atoms with van der Waals surface area (Å²) in [7, 11) is 0. The number of nitrogens with one attached hydrogen (secondary N) is 1. The van der Waals surface area contributed by atoms with Gasteiger partial charge in [-0.2, -0.15) is 0 Å². The molecule has 4 unspecified atom stereocenters. The number of aliphatic hydroxyl groups is 2. The van der Waals surface area contributed by atoms with Crippen molar-refractivity contribution < 1.29 is 28.9 Å². The minimum atomic E-state index is -1.07. The van der Waals surface area contributed by atoms with Gasteiger partial charge in [0.2, 0.25) is 11.8 Å². The molecule has 1 fully saturated rings. The molecule has 2 aromatic carbocycles. The lowest BCUT2D eigenvalue weighted by atomic mass is 9.77. The van der Waals surface area contributed by atoms with Crippen LogP contribution in [0.3, 0.4) is 0 Å². The van der Waals surface area contributed by atoms with Crippen LogP contribution in [0.1, 0.15) is 42.7 Å². The van der Waals surface area contributed by atoms with Gasteiger partial charge in [-0.05, 0) is 49.1 Å². The van der Waals surface area contributed by atoms with Crippen LogP contribution in [-0.4, -0.2) is 64.9 Å². The Kier molecular flexibility index (Phi) is 7.58. The van der Waals surface area contributed by atoms with Gasteiger partial charge >= 0.3 is 0 Å². The van der Waals surface area contributed by atoms with Crippen molar-refractivity contribution in [3.63, 3.8) is 0 Å². The summed E-state index contributed by atoms with van der Waals surface area (Å²) in [6, 6.07) is 12.9. The molecule has 2 aliphatic carbocycles. The van der Waals surface area contributed by atoms with Crippen molar-refractivity contribution in [2.24, 2.45) is 5.92 Å². The van der Waals surface area contributed by atoms with E-state index in [-0.39, 0.29) is 43.2 Å². The Labute approximate surface area is 215 Å². The van der Waals surface area contributed by atoms with E-state index in [1.165, 1.54) is 12.1 Å². The quantitative estimate of drug-likeness (QED) is 0.509. The molecule has 5 rings (SSSR count). The predicted molar refractivity (Wildman–Crippen MR) is 135 cm³/mol. The Morgan fingerprint density at radius 1 is 1.11 bits per heavy atom. The van der Waals surface area contributed by atoms with E-state index in [1.807, 2.05) is 30.3 Å². The summed E-state index contributed by atoms with van der Waals surface area (Å²) < 4.78 is 20.0. The van der Waals surface area contributed by atoms with Crippen LogP contribution in [-0.2, 0) is 16.0 Å². The van der Waals surface area contributed by atoms with Gasteiger partial charge in [-0.25, -0.2) is 4.39 Å². The standard InChI is InChI=1S/C29H33FN2O5/c30-20-9-5-6-18(16-20)12-14-32(29(36)19-7-1-2-8-19)23-17-22(28(35)31-13-15-33)25-21-10-3-4-11-24(21)37-27(25)26(23)34/h3-6,9-11,16-17,19,23,25-27,33-34H,1-2,7-8,12-15H2,(H,31,35). The smallest absolute Gasteiger partial charge is 0.247 e. The number of benzene rings is 2. The zero-order chi connectivity index (χ0) is 25.9. The number of hydrogen-bond donors (Lipinski definition) is 3. The number of carbonyl (C=O) groups excluding carboxylic acids is 2. The van der Waals surface area contributed by atoms with Crippen LogP contribution in [0.2, 0.25) is 0 Å². The highest BCUT2D eigenvalue weighted by atomic mass is 19.1. The highest BCUT2D eigenvalue weighted by molar-refractivity contribution is 5.96. The average molecular weight is 509 g/mol. The highest BCUT2D eigenvalue weighted by Crippen LogP contribution is 2.47. The molecule has 4 atom stereocenters. The molecule has 3 aliphatic rings. The maximum Gasteiger partial charge on any atom is 0.247 e. The summed E-state index contributed by atoms with van der Waals surface area (Å²) in [5.41, 5.74) is 1.97. The monoisotopic (exact) mass is 508 g/mol. The maximum atomic E-state index is 13.8. The Hall–Kier alpha value is -3.23. The van der Waals surface area contributed by atoms with Gasteiger partial charge in [0.05, 0.1) is 18.6 Å². The molecule has 196 valence electrons. The second-order valence-corrected chi connectivity index (χ2v) is 10.1. The molecule has 2 amide bonds. The summed E-state index contributed by atoms with van der Waals surface area (Å²) in [4.78, 5) is 28.7. The van der Waals surface area contributed by atoms with Gasteiger partial charge in [-0.15, -0.1) is 0 Å². The van der Waals surface area contributed by atoms with Crippen molar-refractivity contribution in [2.45, 2.75) is 56.3 Å². The van der Waals surface area contributed by atoms with Gasteiger partial charge < -0.3 is 25.2 Å². The molecule has 3 N–H and O–H groups in total. The Balaban J connectivity index is 1.51. The van der Waals surface area contributed by atoms with Crippen molar-refractivity contribution in [1.82, 2.24) is 10.2 Å². The predicted octanol–water partition coefficient (Wildman–Crippen LogP) is 2.71. The van der Waals surface area contributed by atoms with Gasteiger partial charge in [0.15, 0.2) is 0 Å². The zero-order valence-corrected chi connectivity index (χ0v) is 20.7. The molecule has 37 heavy (non-hydrogen) atoms. The lowest BCUT2D eigenvalue weighted by Crippen LogP contribution is -2.57. The number of halogens is 1. The molecule has 1 heterocycles. The molecule has 8 heteroatoms. The van der Waals surface area contributed by atoms with E-state index in [0.29, 0.717) is 17.7 Å². The maximum absolute atomic E-state index is 13.8. The minimum Gasteiger partial charge on any atom is -0.486 e. The number of aliphatic hydroxyl groups excluding tert-OH is 2. The van der Waals surface area contributed by atoms with E-state index in [9.17, 15) is 24.2 Å². The molecule has 1 saturated carbocycles. The number of carbonyl (C=O) groups is 2. The van der Waals surface area contributed by atoms with Gasteiger partial charge in [0.25, 0.3) is 0 Å². The van der Waals surface area contributed by atoms with Crippen LogP contribution < -0.4 is 10.1 Å². The van der Waals surface area contributed by atoms with Crippen LogP contribution in [0.15, 0.2) is 60.2 Å². The fourth-order valence-electron chi connectivity index (χ4n) is 5.95. The van der Waals surface area contributed by atoms with Crippen LogP contribution in [0.4, 0.5) is 4.39 Å². The fourth-order valence-corrected chi connectivity index (χ4v) is 5.95. The van der Waals surface area contributed by atoms with E-state index in [1.54, 1.807) is 17.0 Å². The first kappa shape index (κ1) is 25.4. The Bertz CT molecular complexity index is 1180. The Morgan fingerprint density at radius 2 is 1.89 bits per heavy atom. The van der Waals surface area contributed by atoms with Gasteiger partial charge in [0, 0.05) is 30.1 Å². The molecular formula is C29H33FN2O5. The first-order chi connectivity index (χ1) is 18.0. The number of amides is 2. The number of ether oxygens (including phenoxy) is 1. The van der Waals surface area contributed by atoms with Crippen molar-refractivity contribution in [3.05, 3.63) is 77.1 Å². The molecule has 1 aliphatic heterocycles. The number of fused-ring (bicyclic) bond motifs is 3. The highest BCUT2D eigenvalue weighted by Gasteiger charge is 2.50. The topological polar surface area (TPSA) is 99.1 Å². The van der Waals surface area contributed by atoms with E-state index in [4.69, 9.17) is 4.74 Å². The zero-order valence-electron chi connectivity index (χ0n) is 20.7. The first-order valence-corrected chi connectivity index (χ1v) is 13.1. The third kappa shape index (κ3) is 5.13. The molecule has 0 bridgehead atoms. The average Bonchev–Trinajstić information content (AvgIpc) is 3.57. The van der Waals surface area contributed by atoms with Crippen molar-refractivity contribution in [1.29, 1.82) is 0 Å². The van der Waals surface area contributed by atoms with Crippen molar-refractivity contribution in [2.75, 3.05) is 19.7 Å². The Morgan fingerprint density at radius 3 is 2.65 bits per heavy atom. The second-order valence-electron chi connectivity index (χ2n) is 10.1. The van der Waals surface area contributed by atoms with E-state index >= 15 is 0 Å². The molecule has 0 saturated heterocycles. The number of rotatable bonds is 8. The molecule has 7 nitrogen and oxygen atoms in total. The van der Waals surface area contributed by atoms with E-state index < -0.39 is 24.2 Å². The molecule has 2 aromatic rings. The van der Waals surface area contributed by atoms with E-state index in [2.05, 4.69) is 5.32 Å². The second kappa shape index (κ2) is 11.0. The van der Waals surface area contributed by atoms with Crippen LogP contribution in [0.25, 0.3) is 0 Å². The summed E-state index contributed by atoms with van der Waals surface area (Å²) >= 11 is 0. The minimum absolute atomic E-state index is 0.0571. The first-order valence-electron chi connectivity index (χ1n) is 13.1. The lowest BCUT2D eigenvalue weighted by molar-refractivity contribution is -0.141. The summed E-state index contributed by atoms with van der Waals surface area (Å²) in [5, 5.41) is 23.6. The molecule has 0 radical (unpaired) electrons. The lowest BCUT2D eigenvalue weighted by Gasteiger charge is -2.41. The van der Waals surface area contributed by atoms with Crippen molar-refractivity contribution >= 4 is 11.8 Å². The van der Waals surface area contributed by atoms with Crippen LogP contribution >= 0.6 is 0 Å². The van der Waals surface area contributed by atoms with Crippen LogP contribution in [0.5, 0.6) is 5.75 Å². The summed E-state index contributed by atoms with van der Waals surface area (Å²) in [6.45, 7) is 0.159. The largest absolute Gasteiger partial charge is 0.486 e. The summed E-state index contributed by atoms with van der Waals surface area (Å²) in [6.07, 6.45) is 3.85. The van der Waals surface area contributed by atoms with Gasteiger partial charge in [-0.3, -0.25) is 9.59 Å². The SMILES string of the molecule is O=C(NCCO)C1=CC(N(CCc2cccc(F)c2)C(=O)C2CCCC2)C(O)C2Oc3ccccc3C12. The number of para-hydroxylation sites is 1. The number of hydrogen-bond acceptors (Lipinski definition) is 5. The van der Waals surface area contributed by atoms with Gasteiger partial charge in [0.1, 0.15) is 23.8 Å². The fraction of sp³-hybridized carbons (Fsp3) is 0.448. The van der Waals surface area contributed by atoms with Crippen molar-refractivity contribution in [3.8, 4) is 5.75 Å². The third-order valence-electron chi connectivity index (χ3n) is 7.75. The normalized spacial score (nSPS) is 24.6.